The standard InChI is InChI=1S/C24H35NO6/c1-25-22(31-24(28)7-4-12-29-2)11-10-16-8-9-18-14-20-17(13-19(16)18)5-3-6-21(20)30-15-23(26)27/h3,5-6,16,18-19,22,25H,4,7-15H2,1-2H3,(H,26,27). The molecule has 2 aliphatic carbocycles. The van der Waals surface area contributed by atoms with Gasteiger partial charge in [0.15, 0.2) is 12.8 Å². The number of aliphatic carboxylic acids is 1. The van der Waals surface area contributed by atoms with Crippen molar-refractivity contribution in [3.63, 3.8) is 0 Å². The van der Waals surface area contributed by atoms with Gasteiger partial charge in [-0.3, -0.25) is 10.1 Å². The van der Waals surface area contributed by atoms with E-state index in [0.717, 1.165) is 31.4 Å². The Kier molecular flexibility index (Phi) is 8.72. The van der Waals surface area contributed by atoms with Crippen molar-refractivity contribution < 1.29 is 28.9 Å². The van der Waals surface area contributed by atoms with Gasteiger partial charge in [0, 0.05) is 20.1 Å². The molecule has 0 bridgehead atoms. The SMILES string of the molecule is CNC(CCC1CCC2Cc3c(cccc3OCC(=O)O)CC12)OC(=O)CCCOC. The molecular weight excluding hydrogens is 398 g/mol. The summed E-state index contributed by atoms with van der Waals surface area (Å²) in [6, 6.07) is 5.99. The smallest absolute Gasteiger partial charge is 0.341 e. The van der Waals surface area contributed by atoms with Crippen LogP contribution in [0.2, 0.25) is 0 Å². The number of methoxy groups -OCH3 is 1. The van der Waals surface area contributed by atoms with Crippen LogP contribution in [0.5, 0.6) is 5.75 Å². The van der Waals surface area contributed by atoms with Crippen LogP contribution >= 0.6 is 0 Å². The Morgan fingerprint density at radius 1 is 1.26 bits per heavy atom. The van der Waals surface area contributed by atoms with E-state index in [-0.39, 0.29) is 18.8 Å². The van der Waals surface area contributed by atoms with Crippen LogP contribution in [0.25, 0.3) is 0 Å². The van der Waals surface area contributed by atoms with Gasteiger partial charge in [0.25, 0.3) is 0 Å². The lowest BCUT2D eigenvalue weighted by molar-refractivity contribution is -0.151. The normalized spacial score (nSPS) is 23.0. The molecule has 1 saturated carbocycles. The van der Waals surface area contributed by atoms with Crippen molar-refractivity contribution in [2.24, 2.45) is 17.8 Å². The van der Waals surface area contributed by atoms with Crippen LogP contribution in [0.1, 0.15) is 49.7 Å². The van der Waals surface area contributed by atoms with Gasteiger partial charge in [-0.05, 0) is 86.9 Å². The number of carboxylic acid groups (broad SMARTS) is 1. The van der Waals surface area contributed by atoms with E-state index in [4.69, 9.17) is 19.3 Å². The molecule has 4 atom stereocenters. The number of nitrogens with one attached hydrogen (secondary N) is 1. The first-order valence-electron chi connectivity index (χ1n) is 11.3. The number of carboxylic acids is 1. The highest BCUT2D eigenvalue weighted by molar-refractivity contribution is 5.69. The zero-order valence-electron chi connectivity index (χ0n) is 18.6. The third kappa shape index (κ3) is 6.43. The molecule has 7 heteroatoms. The minimum absolute atomic E-state index is 0.179. The second-order valence-electron chi connectivity index (χ2n) is 8.69. The molecule has 172 valence electrons. The second kappa shape index (κ2) is 11.5. The molecular formula is C24H35NO6. The summed E-state index contributed by atoms with van der Waals surface area (Å²) in [4.78, 5) is 22.9. The van der Waals surface area contributed by atoms with E-state index in [1.807, 2.05) is 19.2 Å². The molecule has 2 aliphatic rings. The summed E-state index contributed by atoms with van der Waals surface area (Å²) in [5.41, 5.74) is 2.47. The molecule has 0 aliphatic heterocycles. The average Bonchev–Trinajstić information content (AvgIpc) is 3.15. The summed E-state index contributed by atoms with van der Waals surface area (Å²) >= 11 is 0. The quantitative estimate of drug-likeness (QED) is 0.297. The van der Waals surface area contributed by atoms with Crippen molar-refractivity contribution in [2.45, 2.75) is 57.6 Å². The van der Waals surface area contributed by atoms with Gasteiger partial charge >= 0.3 is 11.9 Å². The molecule has 0 radical (unpaired) electrons. The minimum Gasteiger partial charge on any atom is -0.482 e. The third-order valence-corrected chi connectivity index (χ3v) is 6.75. The van der Waals surface area contributed by atoms with E-state index < -0.39 is 5.97 Å². The van der Waals surface area contributed by atoms with Gasteiger partial charge in [-0.1, -0.05) is 12.1 Å². The highest BCUT2D eigenvalue weighted by Crippen LogP contribution is 2.48. The maximum absolute atomic E-state index is 12.0. The molecule has 3 rings (SSSR count). The first kappa shape index (κ1) is 23.5. The number of carbonyl (C=O) groups is 2. The highest BCUT2D eigenvalue weighted by atomic mass is 16.6. The largest absolute Gasteiger partial charge is 0.482 e. The van der Waals surface area contributed by atoms with E-state index >= 15 is 0 Å². The van der Waals surface area contributed by atoms with E-state index in [9.17, 15) is 9.59 Å². The maximum Gasteiger partial charge on any atom is 0.341 e. The van der Waals surface area contributed by atoms with E-state index in [2.05, 4.69) is 11.4 Å². The molecule has 31 heavy (non-hydrogen) atoms. The van der Waals surface area contributed by atoms with Crippen molar-refractivity contribution in [3.05, 3.63) is 29.3 Å². The van der Waals surface area contributed by atoms with Crippen LogP contribution < -0.4 is 10.1 Å². The predicted octanol–water partition coefficient (Wildman–Crippen LogP) is 3.19. The van der Waals surface area contributed by atoms with Gasteiger partial charge in [-0.2, -0.15) is 0 Å². The van der Waals surface area contributed by atoms with Crippen LogP contribution in [-0.2, 0) is 31.9 Å². The Bertz CT molecular complexity index is 752. The molecule has 0 spiro atoms. The first-order chi connectivity index (χ1) is 15.0. The summed E-state index contributed by atoms with van der Waals surface area (Å²) in [6.07, 6.45) is 6.99. The Labute approximate surface area is 184 Å². The molecule has 0 aromatic heterocycles. The number of ether oxygens (including phenoxy) is 3. The van der Waals surface area contributed by atoms with Gasteiger partial charge in [0.2, 0.25) is 0 Å². The van der Waals surface area contributed by atoms with Crippen LogP contribution in [0.3, 0.4) is 0 Å². The monoisotopic (exact) mass is 433 g/mol. The van der Waals surface area contributed by atoms with Crippen molar-refractivity contribution in [3.8, 4) is 5.75 Å². The average molecular weight is 434 g/mol. The van der Waals surface area contributed by atoms with Crippen molar-refractivity contribution >= 4 is 11.9 Å². The van der Waals surface area contributed by atoms with Crippen LogP contribution in [-0.4, -0.2) is 50.6 Å². The zero-order valence-corrected chi connectivity index (χ0v) is 18.6. The number of esters is 1. The highest BCUT2D eigenvalue weighted by Gasteiger charge is 2.40. The number of hydrogen-bond acceptors (Lipinski definition) is 6. The van der Waals surface area contributed by atoms with Crippen LogP contribution in [0, 0.1) is 17.8 Å². The number of hydrogen-bond donors (Lipinski definition) is 2. The fourth-order valence-corrected chi connectivity index (χ4v) is 5.22. The maximum atomic E-state index is 12.0. The fraction of sp³-hybridized carbons (Fsp3) is 0.667. The summed E-state index contributed by atoms with van der Waals surface area (Å²) in [5.74, 6) is 1.43. The Morgan fingerprint density at radius 3 is 2.84 bits per heavy atom. The fourth-order valence-electron chi connectivity index (χ4n) is 5.22. The summed E-state index contributed by atoms with van der Waals surface area (Å²) in [5, 5.41) is 12.1. The van der Waals surface area contributed by atoms with Crippen LogP contribution in [0.15, 0.2) is 18.2 Å². The molecule has 0 heterocycles. The minimum atomic E-state index is -0.953. The molecule has 4 unspecified atom stereocenters. The lowest BCUT2D eigenvalue weighted by Gasteiger charge is -2.32. The van der Waals surface area contributed by atoms with Gasteiger partial charge in [-0.15, -0.1) is 0 Å². The number of benzene rings is 1. The zero-order chi connectivity index (χ0) is 22.2. The lowest BCUT2D eigenvalue weighted by Crippen LogP contribution is -2.32. The summed E-state index contributed by atoms with van der Waals surface area (Å²) in [7, 11) is 3.46. The van der Waals surface area contributed by atoms with Crippen molar-refractivity contribution in [2.75, 3.05) is 27.4 Å². The molecule has 0 saturated heterocycles. The van der Waals surface area contributed by atoms with E-state index in [1.54, 1.807) is 7.11 Å². The predicted molar refractivity (Wildman–Crippen MR) is 116 cm³/mol. The Balaban J connectivity index is 1.54. The molecule has 7 nitrogen and oxygen atoms in total. The third-order valence-electron chi connectivity index (χ3n) is 6.75. The molecule has 1 aromatic rings. The number of rotatable bonds is 12. The van der Waals surface area contributed by atoms with E-state index in [1.165, 1.54) is 24.0 Å². The second-order valence-corrected chi connectivity index (χ2v) is 8.69. The van der Waals surface area contributed by atoms with Crippen LogP contribution in [0.4, 0.5) is 0 Å². The molecule has 2 N–H and O–H groups in total. The van der Waals surface area contributed by atoms with Gasteiger partial charge in [0.05, 0.1) is 0 Å². The molecule has 0 amide bonds. The molecule has 1 fully saturated rings. The van der Waals surface area contributed by atoms with Gasteiger partial charge in [0.1, 0.15) is 5.75 Å². The topological polar surface area (TPSA) is 94.1 Å². The lowest BCUT2D eigenvalue weighted by atomic mass is 9.73. The van der Waals surface area contributed by atoms with E-state index in [0.29, 0.717) is 37.2 Å². The summed E-state index contributed by atoms with van der Waals surface area (Å²) in [6.45, 7) is 0.262. The first-order valence-corrected chi connectivity index (χ1v) is 11.3. The van der Waals surface area contributed by atoms with Crippen molar-refractivity contribution in [1.29, 1.82) is 0 Å². The number of fused-ring (bicyclic) bond motifs is 2. The molecule has 1 aromatic carbocycles. The summed E-state index contributed by atoms with van der Waals surface area (Å²) < 4.78 is 16.1. The Hall–Kier alpha value is -2.12. The van der Waals surface area contributed by atoms with Gasteiger partial charge in [-0.25, -0.2) is 4.79 Å². The Morgan fingerprint density at radius 2 is 2.10 bits per heavy atom. The van der Waals surface area contributed by atoms with Gasteiger partial charge < -0.3 is 19.3 Å². The number of carbonyl (C=O) groups excluding carboxylic acids is 1. The van der Waals surface area contributed by atoms with Crippen molar-refractivity contribution in [1.82, 2.24) is 5.32 Å².